The van der Waals surface area contributed by atoms with Crippen LogP contribution in [0.3, 0.4) is 0 Å². The maximum absolute atomic E-state index is 5.91. The fraction of sp³-hybridized carbons (Fsp3) is 0.0500. The molecule has 0 bridgehead atoms. The van der Waals surface area contributed by atoms with Crippen LogP contribution in [-0.4, -0.2) is 16.5 Å². The topological polar surface area (TPSA) is 35.8 Å². The number of hydrogen-bond acceptors (Lipinski definition) is 3. The zero-order valence-corrected chi connectivity index (χ0v) is 14.3. The summed E-state index contributed by atoms with van der Waals surface area (Å²) in [5.74, 6) is 1.98. The molecule has 4 aromatic rings. The summed E-state index contributed by atoms with van der Waals surface area (Å²) in [5.41, 5.74) is 2.74. The van der Waals surface area contributed by atoms with Crippen LogP contribution in [0.1, 0.15) is 0 Å². The van der Waals surface area contributed by atoms with Crippen LogP contribution in [0.5, 0.6) is 17.2 Å². The molecule has 0 saturated heterocycles. The third kappa shape index (κ3) is 3.16. The summed E-state index contributed by atoms with van der Waals surface area (Å²) in [6.45, 7) is 0. The molecule has 124 valence electrons. The molecular formula is C20H15ClN2O2. The summed E-state index contributed by atoms with van der Waals surface area (Å²) < 4.78 is 13.4. The molecule has 4 rings (SSSR count). The summed E-state index contributed by atoms with van der Waals surface area (Å²) in [4.78, 5) is 4.63. The molecule has 0 N–H and O–H groups in total. The molecule has 0 amide bonds. The van der Waals surface area contributed by atoms with Gasteiger partial charge in [0, 0.05) is 23.0 Å². The SMILES string of the molecule is COc1cc(-c2cn3ccccc3n2)ccc1Oc1ccc(Cl)cc1. The smallest absolute Gasteiger partial charge is 0.169 e. The highest BCUT2D eigenvalue weighted by Gasteiger charge is 2.10. The fourth-order valence-electron chi connectivity index (χ4n) is 2.61. The van der Waals surface area contributed by atoms with Crippen LogP contribution in [0, 0.1) is 0 Å². The summed E-state index contributed by atoms with van der Waals surface area (Å²) in [7, 11) is 1.62. The molecule has 0 spiro atoms. The molecule has 2 aromatic carbocycles. The number of rotatable bonds is 4. The van der Waals surface area contributed by atoms with Gasteiger partial charge in [-0.05, 0) is 54.6 Å². The molecule has 0 aliphatic heterocycles. The number of halogens is 1. The first-order valence-electron chi connectivity index (χ1n) is 7.78. The van der Waals surface area contributed by atoms with Crippen molar-refractivity contribution in [2.45, 2.75) is 0 Å². The molecule has 0 fully saturated rings. The van der Waals surface area contributed by atoms with Crippen molar-refractivity contribution in [2.24, 2.45) is 0 Å². The summed E-state index contributed by atoms with van der Waals surface area (Å²) in [5, 5.41) is 0.668. The van der Waals surface area contributed by atoms with E-state index >= 15 is 0 Å². The van der Waals surface area contributed by atoms with Crippen molar-refractivity contribution in [3.8, 4) is 28.5 Å². The van der Waals surface area contributed by atoms with Gasteiger partial charge in [0.1, 0.15) is 11.4 Å². The highest BCUT2D eigenvalue weighted by molar-refractivity contribution is 6.30. The lowest BCUT2D eigenvalue weighted by Crippen LogP contribution is -1.91. The van der Waals surface area contributed by atoms with Crippen LogP contribution < -0.4 is 9.47 Å². The van der Waals surface area contributed by atoms with E-state index < -0.39 is 0 Å². The number of imidazole rings is 1. The highest BCUT2D eigenvalue weighted by Crippen LogP contribution is 2.35. The van der Waals surface area contributed by atoms with Gasteiger partial charge in [-0.3, -0.25) is 0 Å². The lowest BCUT2D eigenvalue weighted by atomic mass is 10.1. The van der Waals surface area contributed by atoms with E-state index in [-0.39, 0.29) is 0 Å². The third-order valence-electron chi connectivity index (χ3n) is 3.86. The van der Waals surface area contributed by atoms with Crippen molar-refractivity contribution in [1.82, 2.24) is 9.38 Å². The van der Waals surface area contributed by atoms with Crippen molar-refractivity contribution in [3.05, 3.63) is 78.1 Å². The standard InChI is InChI=1S/C20H15ClN2O2/c1-24-19-12-14(17-13-23-11-3-2-4-20(23)22-17)5-10-18(19)25-16-8-6-15(21)7-9-16/h2-13H,1H3. The number of fused-ring (bicyclic) bond motifs is 1. The molecule has 0 aliphatic carbocycles. The Labute approximate surface area is 150 Å². The first-order chi connectivity index (χ1) is 12.2. The summed E-state index contributed by atoms with van der Waals surface area (Å²) in [6.07, 6.45) is 3.96. The van der Waals surface area contributed by atoms with Gasteiger partial charge in [0.15, 0.2) is 11.5 Å². The number of pyridine rings is 1. The van der Waals surface area contributed by atoms with E-state index in [0.29, 0.717) is 22.3 Å². The molecule has 0 saturated carbocycles. The quantitative estimate of drug-likeness (QED) is 0.490. The minimum Gasteiger partial charge on any atom is -0.493 e. The number of hydrogen-bond donors (Lipinski definition) is 0. The summed E-state index contributed by atoms with van der Waals surface area (Å²) in [6, 6.07) is 18.9. The van der Waals surface area contributed by atoms with E-state index in [1.807, 2.05) is 65.3 Å². The fourth-order valence-corrected chi connectivity index (χ4v) is 2.74. The minimum atomic E-state index is 0.636. The van der Waals surface area contributed by atoms with E-state index in [1.165, 1.54) is 0 Å². The maximum Gasteiger partial charge on any atom is 0.169 e. The van der Waals surface area contributed by atoms with E-state index in [4.69, 9.17) is 21.1 Å². The van der Waals surface area contributed by atoms with Gasteiger partial charge in [-0.1, -0.05) is 17.7 Å². The monoisotopic (exact) mass is 350 g/mol. The van der Waals surface area contributed by atoms with Crippen LogP contribution in [0.25, 0.3) is 16.9 Å². The zero-order chi connectivity index (χ0) is 17.2. The van der Waals surface area contributed by atoms with Gasteiger partial charge in [-0.15, -0.1) is 0 Å². The molecule has 25 heavy (non-hydrogen) atoms. The molecule has 0 atom stereocenters. The minimum absolute atomic E-state index is 0.636. The molecule has 0 aliphatic rings. The van der Waals surface area contributed by atoms with Gasteiger partial charge in [-0.25, -0.2) is 4.98 Å². The van der Waals surface area contributed by atoms with Crippen LogP contribution in [0.15, 0.2) is 73.1 Å². The molecule has 4 nitrogen and oxygen atoms in total. The average Bonchev–Trinajstić information content (AvgIpc) is 3.08. The lowest BCUT2D eigenvalue weighted by Gasteiger charge is -2.11. The Balaban J connectivity index is 1.68. The largest absolute Gasteiger partial charge is 0.493 e. The van der Waals surface area contributed by atoms with Crippen molar-refractivity contribution in [3.63, 3.8) is 0 Å². The Morgan fingerprint density at radius 3 is 2.56 bits per heavy atom. The van der Waals surface area contributed by atoms with Crippen molar-refractivity contribution in [2.75, 3.05) is 7.11 Å². The Bertz CT molecular complexity index is 992. The Kier molecular flexibility index (Phi) is 4.04. The van der Waals surface area contributed by atoms with Gasteiger partial charge in [0.2, 0.25) is 0 Å². The van der Waals surface area contributed by atoms with E-state index in [0.717, 1.165) is 16.9 Å². The van der Waals surface area contributed by atoms with Crippen LogP contribution >= 0.6 is 11.6 Å². The van der Waals surface area contributed by atoms with E-state index in [2.05, 4.69) is 4.98 Å². The number of aromatic nitrogens is 2. The normalized spacial score (nSPS) is 10.8. The number of benzene rings is 2. The van der Waals surface area contributed by atoms with Gasteiger partial charge in [0.05, 0.1) is 12.8 Å². The lowest BCUT2D eigenvalue weighted by molar-refractivity contribution is 0.379. The second-order valence-corrected chi connectivity index (χ2v) is 5.95. The zero-order valence-electron chi connectivity index (χ0n) is 13.5. The highest BCUT2D eigenvalue weighted by atomic mass is 35.5. The van der Waals surface area contributed by atoms with Gasteiger partial charge >= 0.3 is 0 Å². The van der Waals surface area contributed by atoms with E-state index in [1.54, 1.807) is 19.2 Å². The van der Waals surface area contributed by atoms with Crippen LogP contribution in [0.4, 0.5) is 0 Å². The first kappa shape index (κ1) is 15.5. The van der Waals surface area contributed by atoms with Crippen molar-refractivity contribution < 1.29 is 9.47 Å². The second kappa shape index (κ2) is 6.49. The number of methoxy groups -OCH3 is 1. The molecule has 0 unspecified atom stereocenters. The maximum atomic E-state index is 5.91. The van der Waals surface area contributed by atoms with Gasteiger partial charge < -0.3 is 13.9 Å². The predicted octanol–water partition coefficient (Wildman–Crippen LogP) is 5.46. The Hall–Kier alpha value is -2.98. The summed E-state index contributed by atoms with van der Waals surface area (Å²) >= 11 is 5.91. The molecule has 2 heterocycles. The van der Waals surface area contributed by atoms with Crippen molar-refractivity contribution >= 4 is 17.2 Å². The molecule has 5 heteroatoms. The van der Waals surface area contributed by atoms with Crippen molar-refractivity contribution in [1.29, 1.82) is 0 Å². The van der Waals surface area contributed by atoms with Gasteiger partial charge in [-0.2, -0.15) is 0 Å². The number of nitrogens with zero attached hydrogens (tertiary/aromatic N) is 2. The molecular weight excluding hydrogens is 336 g/mol. The van der Waals surface area contributed by atoms with Crippen LogP contribution in [0.2, 0.25) is 5.02 Å². The molecule has 0 radical (unpaired) electrons. The third-order valence-corrected chi connectivity index (χ3v) is 4.12. The molecule has 2 aromatic heterocycles. The Morgan fingerprint density at radius 2 is 1.80 bits per heavy atom. The van der Waals surface area contributed by atoms with Gasteiger partial charge in [0.25, 0.3) is 0 Å². The Morgan fingerprint density at radius 1 is 0.960 bits per heavy atom. The first-order valence-corrected chi connectivity index (χ1v) is 8.16. The second-order valence-electron chi connectivity index (χ2n) is 5.51. The predicted molar refractivity (Wildman–Crippen MR) is 98.7 cm³/mol. The number of ether oxygens (including phenoxy) is 2. The van der Waals surface area contributed by atoms with E-state index in [9.17, 15) is 0 Å². The van der Waals surface area contributed by atoms with Crippen LogP contribution in [-0.2, 0) is 0 Å². The average molecular weight is 351 g/mol.